The number of rotatable bonds is 8. The zero-order valence-corrected chi connectivity index (χ0v) is 18.6. The summed E-state index contributed by atoms with van der Waals surface area (Å²) >= 11 is 0. The van der Waals surface area contributed by atoms with Crippen LogP contribution in [0.25, 0.3) is 0 Å². The first-order valence-corrected chi connectivity index (χ1v) is 12.5. The van der Waals surface area contributed by atoms with Crippen LogP contribution in [0.1, 0.15) is 111 Å². The minimum absolute atomic E-state index is 0.391. The molecule has 0 unspecified atom stereocenters. The highest BCUT2D eigenvalue weighted by atomic mass is 16.1. The van der Waals surface area contributed by atoms with Gasteiger partial charge in [0, 0.05) is 12.8 Å². The molecule has 2 aliphatic rings. The third-order valence-electron chi connectivity index (χ3n) is 7.50. The number of carbonyl (C=O) groups excluding carboxylic acids is 1. The Hall–Kier alpha value is -1.89. The van der Waals surface area contributed by atoms with E-state index in [-0.39, 0.29) is 0 Å². The summed E-state index contributed by atoms with van der Waals surface area (Å²) in [5.74, 6) is 1.92. The van der Waals surface area contributed by atoms with Gasteiger partial charge in [-0.1, -0.05) is 87.1 Å². The van der Waals surface area contributed by atoms with E-state index in [1.807, 2.05) is 0 Å². The fraction of sp³-hybridized carbons (Fsp3) is 0.552. The van der Waals surface area contributed by atoms with E-state index < -0.39 is 0 Å². The first-order valence-electron chi connectivity index (χ1n) is 12.5. The summed E-state index contributed by atoms with van der Waals surface area (Å²) in [5.41, 5.74) is 5.61. The highest BCUT2D eigenvalue weighted by Crippen LogP contribution is 2.33. The summed E-state index contributed by atoms with van der Waals surface area (Å²) < 4.78 is 0. The minimum atomic E-state index is 0.391. The van der Waals surface area contributed by atoms with E-state index >= 15 is 0 Å². The maximum absolute atomic E-state index is 12.4. The van der Waals surface area contributed by atoms with Crippen LogP contribution in [0.4, 0.5) is 0 Å². The summed E-state index contributed by atoms with van der Waals surface area (Å²) in [7, 11) is 0. The lowest BCUT2D eigenvalue weighted by Crippen LogP contribution is -2.05. The van der Waals surface area contributed by atoms with Gasteiger partial charge in [-0.2, -0.15) is 0 Å². The van der Waals surface area contributed by atoms with Gasteiger partial charge in [-0.15, -0.1) is 0 Å². The van der Waals surface area contributed by atoms with Crippen molar-refractivity contribution in [3.05, 3.63) is 70.8 Å². The topological polar surface area (TPSA) is 17.1 Å². The third-order valence-corrected chi connectivity index (χ3v) is 7.50. The van der Waals surface area contributed by atoms with Gasteiger partial charge in [-0.05, 0) is 72.6 Å². The zero-order valence-electron chi connectivity index (χ0n) is 18.6. The molecule has 0 saturated heterocycles. The van der Waals surface area contributed by atoms with Crippen molar-refractivity contribution in [2.24, 2.45) is 0 Å². The predicted octanol–water partition coefficient (Wildman–Crippen LogP) is 7.92. The maximum Gasteiger partial charge on any atom is 0.133 e. The number of carbonyl (C=O) groups is 1. The molecule has 160 valence electrons. The largest absolute Gasteiger partial charge is 0.300 e. The Morgan fingerprint density at radius 1 is 0.567 bits per heavy atom. The Balaban J connectivity index is 1.19. The van der Waals surface area contributed by atoms with Gasteiger partial charge in [0.05, 0.1) is 0 Å². The highest BCUT2D eigenvalue weighted by molar-refractivity contribution is 5.78. The van der Waals surface area contributed by atoms with Crippen LogP contribution in [0.2, 0.25) is 0 Å². The second kappa shape index (κ2) is 10.9. The molecule has 1 nitrogen and oxygen atoms in total. The molecule has 2 aromatic carbocycles. The van der Waals surface area contributed by atoms with Gasteiger partial charge in [-0.25, -0.2) is 0 Å². The predicted molar refractivity (Wildman–Crippen MR) is 126 cm³/mol. The van der Waals surface area contributed by atoms with Crippen molar-refractivity contribution in [3.63, 3.8) is 0 Å². The quantitative estimate of drug-likeness (QED) is 0.438. The third kappa shape index (κ3) is 6.06. The molecule has 30 heavy (non-hydrogen) atoms. The normalized spacial score (nSPS) is 18.4. The monoisotopic (exact) mass is 402 g/mol. The van der Waals surface area contributed by atoms with Gasteiger partial charge in [0.15, 0.2) is 0 Å². The van der Waals surface area contributed by atoms with E-state index in [0.29, 0.717) is 18.6 Å². The van der Waals surface area contributed by atoms with Crippen molar-refractivity contribution in [2.75, 3.05) is 0 Å². The smallest absolute Gasteiger partial charge is 0.133 e. The van der Waals surface area contributed by atoms with E-state index in [4.69, 9.17) is 0 Å². The number of Topliss-reactive ketones (excluding diaryl/α,β-unsaturated/α-hetero) is 1. The van der Waals surface area contributed by atoms with Crippen LogP contribution in [0.5, 0.6) is 0 Å². The Bertz CT molecular complexity index is 707. The van der Waals surface area contributed by atoms with Crippen molar-refractivity contribution in [1.29, 1.82) is 0 Å². The number of aryl methyl sites for hydroxylation is 2. The van der Waals surface area contributed by atoms with Crippen LogP contribution < -0.4 is 0 Å². The second-order valence-electron chi connectivity index (χ2n) is 9.69. The van der Waals surface area contributed by atoms with Crippen LogP contribution in [-0.4, -0.2) is 5.78 Å². The van der Waals surface area contributed by atoms with Gasteiger partial charge in [0.1, 0.15) is 5.78 Å². The maximum atomic E-state index is 12.4. The van der Waals surface area contributed by atoms with Gasteiger partial charge < -0.3 is 0 Å². The molecular formula is C29H38O. The van der Waals surface area contributed by atoms with Crippen LogP contribution in [0.3, 0.4) is 0 Å². The average Bonchev–Trinajstić information content (AvgIpc) is 2.83. The van der Waals surface area contributed by atoms with Crippen molar-refractivity contribution in [3.8, 4) is 0 Å². The van der Waals surface area contributed by atoms with Crippen molar-refractivity contribution in [1.82, 2.24) is 0 Å². The summed E-state index contributed by atoms with van der Waals surface area (Å²) in [5, 5.41) is 0. The molecule has 0 amide bonds. The van der Waals surface area contributed by atoms with E-state index in [1.165, 1.54) is 86.5 Å². The summed E-state index contributed by atoms with van der Waals surface area (Å²) in [6.07, 6.45) is 16.8. The van der Waals surface area contributed by atoms with E-state index in [1.54, 1.807) is 0 Å². The molecule has 0 atom stereocenters. The fourth-order valence-electron chi connectivity index (χ4n) is 5.48. The van der Waals surface area contributed by atoms with Gasteiger partial charge in [-0.3, -0.25) is 4.79 Å². The van der Waals surface area contributed by atoms with E-state index in [9.17, 15) is 4.79 Å². The molecule has 0 radical (unpaired) electrons. The SMILES string of the molecule is O=C(CCc1ccc(C2CCCCC2)cc1)CCc1ccc(C2CCCCC2)cc1. The van der Waals surface area contributed by atoms with Crippen molar-refractivity contribution < 1.29 is 4.79 Å². The molecule has 2 fully saturated rings. The molecular weight excluding hydrogens is 364 g/mol. The average molecular weight is 403 g/mol. The number of benzene rings is 2. The molecule has 0 aliphatic heterocycles. The molecule has 0 heterocycles. The summed E-state index contributed by atoms with van der Waals surface area (Å²) in [6.45, 7) is 0. The van der Waals surface area contributed by atoms with Crippen LogP contribution in [-0.2, 0) is 17.6 Å². The number of ketones is 1. The molecule has 0 N–H and O–H groups in total. The molecule has 2 aliphatic carbocycles. The lowest BCUT2D eigenvalue weighted by molar-refractivity contribution is -0.119. The number of hydrogen-bond donors (Lipinski definition) is 0. The Morgan fingerprint density at radius 2 is 0.933 bits per heavy atom. The highest BCUT2D eigenvalue weighted by Gasteiger charge is 2.16. The molecule has 4 rings (SSSR count). The zero-order chi connectivity index (χ0) is 20.6. The Kier molecular flexibility index (Phi) is 7.78. The van der Waals surface area contributed by atoms with Gasteiger partial charge >= 0.3 is 0 Å². The van der Waals surface area contributed by atoms with Crippen LogP contribution in [0, 0.1) is 0 Å². The lowest BCUT2D eigenvalue weighted by Gasteiger charge is -2.22. The van der Waals surface area contributed by atoms with Crippen molar-refractivity contribution in [2.45, 2.75) is 102 Å². The van der Waals surface area contributed by atoms with Crippen molar-refractivity contribution >= 4 is 5.78 Å². The minimum Gasteiger partial charge on any atom is -0.300 e. The van der Waals surface area contributed by atoms with E-state index in [2.05, 4.69) is 48.5 Å². The molecule has 1 heteroatoms. The van der Waals surface area contributed by atoms with E-state index in [0.717, 1.165) is 24.7 Å². The Labute approximate surface area is 183 Å². The first kappa shape index (κ1) is 21.3. The molecule has 0 bridgehead atoms. The van der Waals surface area contributed by atoms with Gasteiger partial charge in [0.25, 0.3) is 0 Å². The standard InChI is InChI=1S/C29H38O/c30-29(21-15-23-11-17-27(18-12-23)25-7-3-1-4-8-25)22-16-24-13-19-28(20-14-24)26-9-5-2-6-10-26/h11-14,17-20,25-26H,1-10,15-16,21-22H2. The van der Waals surface area contributed by atoms with Gasteiger partial charge in [0.2, 0.25) is 0 Å². The summed E-state index contributed by atoms with van der Waals surface area (Å²) in [4.78, 5) is 12.4. The second-order valence-corrected chi connectivity index (χ2v) is 9.69. The molecule has 2 saturated carbocycles. The molecule has 0 aromatic heterocycles. The first-order chi connectivity index (χ1) is 14.8. The molecule has 2 aromatic rings. The number of hydrogen-bond acceptors (Lipinski definition) is 1. The van der Waals surface area contributed by atoms with Crippen LogP contribution in [0.15, 0.2) is 48.5 Å². The van der Waals surface area contributed by atoms with Crippen LogP contribution >= 0.6 is 0 Å². The fourth-order valence-corrected chi connectivity index (χ4v) is 5.48. The lowest BCUT2D eigenvalue weighted by atomic mass is 9.83. The Morgan fingerprint density at radius 3 is 1.30 bits per heavy atom. The molecule has 0 spiro atoms. The summed E-state index contributed by atoms with van der Waals surface area (Å²) in [6, 6.07) is 18.2.